The molecular formula is C16H19BrN2OS. The van der Waals surface area contributed by atoms with Gasteiger partial charge in [-0.05, 0) is 25.6 Å². The molecule has 1 saturated heterocycles. The number of likely N-dealkylation sites (N-methyl/N-ethyl adjacent to an activating group) is 1. The first-order valence-corrected chi connectivity index (χ1v) is 8.85. The first kappa shape index (κ1) is 15.2. The zero-order valence-electron chi connectivity index (χ0n) is 12.3. The predicted molar refractivity (Wildman–Crippen MR) is 90.8 cm³/mol. The van der Waals surface area contributed by atoms with Crippen LogP contribution in [0.2, 0.25) is 0 Å². The van der Waals surface area contributed by atoms with Crippen molar-refractivity contribution >= 4 is 27.3 Å². The fourth-order valence-electron chi connectivity index (χ4n) is 2.60. The Bertz CT molecular complexity index is 628. The van der Waals surface area contributed by atoms with Crippen molar-refractivity contribution in [2.75, 3.05) is 26.2 Å². The lowest BCUT2D eigenvalue weighted by Crippen LogP contribution is -2.37. The molecule has 1 atom stereocenters. The van der Waals surface area contributed by atoms with Crippen LogP contribution in [0.5, 0.6) is 0 Å². The Hall–Kier alpha value is -0.750. The highest BCUT2D eigenvalue weighted by Gasteiger charge is 2.24. The lowest BCUT2D eigenvalue weighted by molar-refractivity contribution is -0.0282. The molecule has 0 spiro atoms. The monoisotopic (exact) mass is 366 g/mol. The fourth-order valence-corrected chi connectivity index (χ4v) is 3.98. The molecule has 0 N–H and O–H groups in total. The van der Waals surface area contributed by atoms with Crippen molar-refractivity contribution < 1.29 is 4.74 Å². The van der Waals surface area contributed by atoms with Gasteiger partial charge in [0.2, 0.25) is 0 Å². The van der Waals surface area contributed by atoms with Crippen molar-refractivity contribution in [1.82, 2.24) is 9.88 Å². The Morgan fingerprint density at radius 1 is 1.48 bits per heavy atom. The van der Waals surface area contributed by atoms with Gasteiger partial charge < -0.3 is 4.74 Å². The number of halogens is 1. The van der Waals surface area contributed by atoms with Gasteiger partial charge in [-0.1, -0.05) is 35.0 Å². The van der Waals surface area contributed by atoms with Crippen molar-refractivity contribution in [1.29, 1.82) is 0 Å². The Balaban J connectivity index is 1.87. The third-order valence-electron chi connectivity index (χ3n) is 3.78. The summed E-state index contributed by atoms with van der Waals surface area (Å²) in [4.78, 5) is 8.53. The van der Waals surface area contributed by atoms with Gasteiger partial charge in [0.1, 0.15) is 11.1 Å². The number of thiazole rings is 1. The van der Waals surface area contributed by atoms with Crippen LogP contribution in [-0.4, -0.2) is 36.1 Å². The smallest absolute Gasteiger partial charge is 0.124 e. The molecule has 1 aromatic carbocycles. The van der Waals surface area contributed by atoms with E-state index in [9.17, 15) is 0 Å². The Morgan fingerprint density at radius 3 is 3.10 bits per heavy atom. The van der Waals surface area contributed by atoms with Gasteiger partial charge in [0.05, 0.1) is 12.3 Å². The summed E-state index contributed by atoms with van der Waals surface area (Å²) in [6.45, 7) is 8.17. The Kier molecular flexibility index (Phi) is 4.74. The van der Waals surface area contributed by atoms with Crippen LogP contribution in [0.1, 0.15) is 22.9 Å². The van der Waals surface area contributed by atoms with Crippen molar-refractivity contribution in [3.63, 3.8) is 0 Å². The molecule has 0 radical (unpaired) electrons. The Labute approximate surface area is 138 Å². The van der Waals surface area contributed by atoms with Gasteiger partial charge in [-0.25, -0.2) is 4.98 Å². The summed E-state index contributed by atoms with van der Waals surface area (Å²) >= 11 is 5.28. The third-order valence-corrected chi connectivity index (χ3v) is 5.34. The maximum Gasteiger partial charge on any atom is 0.124 e. The average molecular weight is 367 g/mol. The van der Waals surface area contributed by atoms with Gasteiger partial charge in [-0.3, -0.25) is 4.90 Å². The summed E-state index contributed by atoms with van der Waals surface area (Å²) in [6.07, 6.45) is 0.114. The molecule has 0 amide bonds. The number of benzene rings is 1. The van der Waals surface area contributed by atoms with E-state index in [4.69, 9.17) is 9.72 Å². The van der Waals surface area contributed by atoms with E-state index in [-0.39, 0.29) is 6.10 Å². The van der Waals surface area contributed by atoms with Crippen LogP contribution < -0.4 is 0 Å². The highest BCUT2D eigenvalue weighted by atomic mass is 79.9. The van der Waals surface area contributed by atoms with E-state index in [1.54, 1.807) is 11.3 Å². The number of nitrogens with zero attached hydrogens (tertiary/aromatic N) is 2. The largest absolute Gasteiger partial charge is 0.368 e. The molecule has 21 heavy (non-hydrogen) atoms. The van der Waals surface area contributed by atoms with Crippen LogP contribution in [0.3, 0.4) is 0 Å². The summed E-state index contributed by atoms with van der Waals surface area (Å²) in [6, 6.07) is 8.31. The molecule has 112 valence electrons. The quantitative estimate of drug-likeness (QED) is 0.810. The highest BCUT2D eigenvalue weighted by molar-refractivity contribution is 9.10. The maximum absolute atomic E-state index is 5.92. The SMILES string of the molecule is CCN1CCOC(c2nc(-c3cccc(Br)c3)c(C)s2)C1. The van der Waals surface area contributed by atoms with E-state index in [0.29, 0.717) is 0 Å². The second kappa shape index (κ2) is 6.57. The predicted octanol–water partition coefficient (Wildman–Crippen LogP) is 4.27. The van der Waals surface area contributed by atoms with Crippen LogP contribution in [0, 0.1) is 6.92 Å². The van der Waals surface area contributed by atoms with E-state index in [2.05, 4.69) is 46.8 Å². The molecule has 0 bridgehead atoms. The number of rotatable bonds is 3. The number of hydrogen-bond acceptors (Lipinski definition) is 4. The van der Waals surface area contributed by atoms with Gasteiger partial charge >= 0.3 is 0 Å². The van der Waals surface area contributed by atoms with Crippen molar-refractivity contribution in [3.05, 3.63) is 38.6 Å². The minimum absolute atomic E-state index is 0.114. The molecule has 1 aliphatic heterocycles. The Morgan fingerprint density at radius 2 is 2.33 bits per heavy atom. The maximum atomic E-state index is 5.92. The summed E-state index contributed by atoms with van der Waals surface area (Å²) in [5, 5.41) is 1.10. The molecule has 5 heteroatoms. The normalized spacial score (nSPS) is 19.9. The number of ether oxygens (including phenoxy) is 1. The van der Waals surface area contributed by atoms with E-state index in [0.717, 1.165) is 47.0 Å². The van der Waals surface area contributed by atoms with E-state index in [1.165, 1.54) is 4.88 Å². The van der Waals surface area contributed by atoms with Crippen molar-refractivity contribution in [2.24, 2.45) is 0 Å². The first-order valence-electron chi connectivity index (χ1n) is 7.24. The molecule has 1 unspecified atom stereocenters. The van der Waals surface area contributed by atoms with Crippen molar-refractivity contribution in [3.8, 4) is 11.3 Å². The van der Waals surface area contributed by atoms with Gasteiger partial charge in [0.15, 0.2) is 0 Å². The van der Waals surface area contributed by atoms with Crippen LogP contribution in [-0.2, 0) is 4.74 Å². The van der Waals surface area contributed by atoms with E-state index >= 15 is 0 Å². The number of aromatic nitrogens is 1. The minimum atomic E-state index is 0.114. The lowest BCUT2D eigenvalue weighted by Gasteiger charge is -2.30. The molecule has 0 saturated carbocycles. The zero-order valence-corrected chi connectivity index (χ0v) is 14.7. The summed E-state index contributed by atoms with van der Waals surface area (Å²) in [5.74, 6) is 0. The second-order valence-corrected chi connectivity index (χ2v) is 7.37. The molecule has 0 aliphatic carbocycles. The zero-order chi connectivity index (χ0) is 14.8. The van der Waals surface area contributed by atoms with E-state index < -0.39 is 0 Å². The van der Waals surface area contributed by atoms with E-state index in [1.807, 2.05) is 12.1 Å². The lowest BCUT2D eigenvalue weighted by atomic mass is 10.1. The van der Waals surface area contributed by atoms with Crippen LogP contribution in [0.25, 0.3) is 11.3 Å². The standard InChI is InChI=1S/C16H19BrN2OS/c1-3-19-7-8-20-14(10-19)16-18-15(11(2)21-16)12-5-4-6-13(17)9-12/h4-6,9,14H,3,7-8,10H2,1-2H3. The summed E-state index contributed by atoms with van der Waals surface area (Å²) in [7, 11) is 0. The minimum Gasteiger partial charge on any atom is -0.368 e. The first-order chi connectivity index (χ1) is 10.2. The highest BCUT2D eigenvalue weighted by Crippen LogP contribution is 2.33. The topological polar surface area (TPSA) is 25.4 Å². The molecule has 2 aromatic rings. The van der Waals surface area contributed by atoms with Crippen LogP contribution >= 0.6 is 27.3 Å². The number of morpholine rings is 1. The number of hydrogen-bond donors (Lipinski definition) is 0. The van der Waals surface area contributed by atoms with Gasteiger partial charge in [-0.15, -0.1) is 11.3 Å². The molecular weight excluding hydrogens is 348 g/mol. The molecule has 2 heterocycles. The fraction of sp³-hybridized carbons (Fsp3) is 0.438. The van der Waals surface area contributed by atoms with Crippen LogP contribution in [0.4, 0.5) is 0 Å². The third kappa shape index (κ3) is 3.37. The van der Waals surface area contributed by atoms with Gasteiger partial charge in [-0.2, -0.15) is 0 Å². The average Bonchev–Trinajstić information content (AvgIpc) is 2.89. The molecule has 1 aromatic heterocycles. The molecule has 3 rings (SSSR count). The van der Waals surface area contributed by atoms with Crippen molar-refractivity contribution in [2.45, 2.75) is 20.0 Å². The molecule has 1 fully saturated rings. The van der Waals surface area contributed by atoms with Gasteiger partial charge in [0.25, 0.3) is 0 Å². The van der Waals surface area contributed by atoms with Crippen LogP contribution in [0.15, 0.2) is 28.7 Å². The molecule has 3 nitrogen and oxygen atoms in total. The summed E-state index contributed by atoms with van der Waals surface area (Å²) in [5.41, 5.74) is 2.24. The van der Waals surface area contributed by atoms with Gasteiger partial charge in [0, 0.05) is 28.0 Å². The summed E-state index contributed by atoms with van der Waals surface area (Å²) < 4.78 is 7.00. The number of aryl methyl sites for hydroxylation is 1. The second-order valence-electron chi connectivity index (χ2n) is 5.22. The molecule has 1 aliphatic rings.